The molecular weight excluding hydrogens is 268 g/mol. The summed E-state index contributed by atoms with van der Waals surface area (Å²) in [5.74, 6) is 1.03. The fraction of sp³-hybridized carbons (Fsp3) is 0.143. The lowest BCUT2D eigenvalue weighted by molar-refractivity contribution is 0.176. The minimum Gasteiger partial charge on any atom is -0.485 e. The maximum Gasteiger partial charge on any atom is 0.124 e. The number of hydrogen-bond acceptors (Lipinski definition) is 1. The zero-order chi connectivity index (χ0) is 14.8. The molecule has 0 N–H and O–H groups in total. The third kappa shape index (κ3) is 2.50. The van der Waals surface area contributed by atoms with Crippen LogP contribution in [0.5, 0.6) is 5.75 Å². The van der Waals surface area contributed by atoms with Crippen molar-refractivity contribution in [3.63, 3.8) is 0 Å². The lowest BCUT2D eigenvalue weighted by atomic mass is 9.94. The SMILES string of the molecule is c1ccc(-c2ccc3c(c2)CCC(c2ccccc2)O3)cc1. The van der Waals surface area contributed by atoms with Crippen molar-refractivity contribution in [2.45, 2.75) is 18.9 Å². The van der Waals surface area contributed by atoms with Crippen LogP contribution in [0.2, 0.25) is 0 Å². The van der Waals surface area contributed by atoms with Crippen molar-refractivity contribution in [1.29, 1.82) is 0 Å². The van der Waals surface area contributed by atoms with E-state index in [2.05, 4.69) is 72.8 Å². The molecule has 0 aliphatic carbocycles. The van der Waals surface area contributed by atoms with Gasteiger partial charge in [0.15, 0.2) is 0 Å². The Labute approximate surface area is 131 Å². The zero-order valence-corrected chi connectivity index (χ0v) is 12.4. The van der Waals surface area contributed by atoms with Crippen LogP contribution in [0.3, 0.4) is 0 Å². The molecule has 1 unspecified atom stereocenters. The van der Waals surface area contributed by atoms with Crippen LogP contribution >= 0.6 is 0 Å². The van der Waals surface area contributed by atoms with Crippen molar-refractivity contribution >= 4 is 0 Å². The maximum absolute atomic E-state index is 6.21. The van der Waals surface area contributed by atoms with Crippen molar-refractivity contribution in [3.8, 4) is 16.9 Å². The Morgan fingerprint density at radius 1 is 0.727 bits per heavy atom. The van der Waals surface area contributed by atoms with E-state index in [9.17, 15) is 0 Å². The Morgan fingerprint density at radius 2 is 1.45 bits per heavy atom. The number of benzene rings is 3. The molecule has 0 radical (unpaired) electrons. The molecule has 0 saturated carbocycles. The smallest absolute Gasteiger partial charge is 0.124 e. The molecule has 0 fully saturated rings. The molecule has 1 atom stereocenters. The van der Waals surface area contributed by atoms with Crippen LogP contribution < -0.4 is 4.74 Å². The Balaban J connectivity index is 1.62. The fourth-order valence-electron chi connectivity index (χ4n) is 3.10. The van der Waals surface area contributed by atoms with Gasteiger partial charge in [-0.05, 0) is 47.2 Å². The average Bonchev–Trinajstić information content (AvgIpc) is 2.62. The Kier molecular flexibility index (Phi) is 3.40. The van der Waals surface area contributed by atoms with Gasteiger partial charge in [-0.15, -0.1) is 0 Å². The highest BCUT2D eigenvalue weighted by molar-refractivity contribution is 5.65. The van der Waals surface area contributed by atoms with Crippen molar-refractivity contribution in [3.05, 3.63) is 90.0 Å². The molecule has 4 rings (SSSR count). The standard InChI is InChI=1S/C21H18O/c1-3-7-16(8-4-1)18-11-13-21-19(15-18)12-14-20(22-21)17-9-5-2-6-10-17/h1-11,13,15,20H,12,14H2. The summed E-state index contributed by atoms with van der Waals surface area (Å²) in [5, 5.41) is 0. The molecule has 0 bridgehead atoms. The predicted molar refractivity (Wildman–Crippen MR) is 90.0 cm³/mol. The van der Waals surface area contributed by atoms with Gasteiger partial charge in [0.05, 0.1) is 0 Å². The van der Waals surface area contributed by atoms with Gasteiger partial charge in [-0.3, -0.25) is 0 Å². The van der Waals surface area contributed by atoms with E-state index in [1.165, 1.54) is 22.3 Å². The van der Waals surface area contributed by atoms with Gasteiger partial charge < -0.3 is 4.74 Å². The summed E-state index contributed by atoms with van der Waals surface area (Å²) in [4.78, 5) is 0. The first-order chi connectivity index (χ1) is 10.9. The summed E-state index contributed by atoms with van der Waals surface area (Å²) >= 11 is 0. The van der Waals surface area contributed by atoms with Crippen molar-refractivity contribution in [1.82, 2.24) is 0 Å². The van der Waals surface area contributed by atoms with E-state index in [0.29, 0.717) is 0 Å². The summed E-state index contributed by atoms with van der Waals surface area (Å²) in [6, 6.07) is 27.5. The summed E-state index contributed by atoms with van der Waals surface area (Å²) in [6.45, 7) is 0. The van der Waals surface area contributed by atoms with Crippen LogP contribution in [0.1, 0.15) is 23.7 Å². The number of rotatable bonds is 2. The fourth-order valence-corrected chi connectivity index (χ4v) is 3.10. The van der Waals surface area contributed by atoms with Crippen LogP contribution in [0.25, 0.3) is 11.1 Å². The van der Waals surface area contributed by atoms with Crippen LogP contribution in [-0.4, -0.2) is 0 Å². The third-order valence-corrected chi connectivity index (χ3v) is 4.28. The molecule has 0 amide bonds. The highest BCUT2D eigenvalue weighted by Crippen LogP contribution is 2.36. The topological polar surface area (TPSA) is 9.23 Å². The van der Waals surface area contributed by atoms with Crippen LogP contribution in [0, 0.1) is 0 Å². The van der Waals surface area contributed by atoms with Crippen LogP contribution in [-0.2, 0) is 6.42 Å². The second-order valence-corrected chi connectivity index (χ2v) is 5.74. The second-order valence-electron chi connectivity index (χ2n) is 5.74. The molecule has 1 nitrogen and oxygen atoms in total. The van der Waals surface area contributed by atoms with Gasteiger partial charge in [0.2, 0.25) is 0 Å². The molecule has 3 aromatic carbocycles. The van der Waals surface area contributed by atoms with Crippen LogP contribution in [0.15, 0.2) is 78.9 Å². The van der Waals surface area contributed by atoms with Gasteiger partial charge in [0.1, 0.15) is 11.9 Å². The largest absolute Gasteiger partial charge is 0.485 e. The molecule has 108 valence electrons. The molecule has 3 aromatic rings. The van der Waals surface area contributed by atoms with E-state index in [0.717, 1.165) is 18.6 Å². The van der Waals surface area contributed by atoms with Gasteiger partial charge >= 0.3 is 0 Å². The van der Waals surface area contributed by atoms with E-state index >= 15 is 0 Å². The first kappa shape index (κ1) is 13.1. The number of ether oxygens (including phenoxy) is 1. The zero-order valence-electron chi connectivity index (χ0n) is 12.4. The van der Waals surface area contributed by atoms with Gasteiger partial charge in [0, 0.05) is 0 Å². The Morgan fingerprint density at radius 3 is 2.23 bits per heavy atom. The highest BCUT2D eigenvalue weighted by atomic mass is 16.5. The quantitative estimate of drug-likeness (QED) is 0.611. The van der Waals surface area contributed by atoms with Gasteiger partial charge in [-0.2, -0.15) is 0 Å². The number of aryl methyl sites for hydroxylation is 1. The Hall–Kier alpha value is -2.54. The summed E-state index contributed by atoms with van der Waals surface area (Å²) in [6.07, 6.45) is 2.28. The van der Waals surface area contributed by atoms with Crippen LogP contribution in [0.4, 0.5) is 0 Å². The van der Waals surface area contributed by atoms with Gasteiger partial charge in [0.25, 0.3) is 0 Å². The molecule has 0 aromatic heterocycles. The molecule has 1 heteroatoms. The summed E-state index contributed by atoms with van der Waals surface area (Å²) in [5.41, 5.74) is 5.10. The highest BCUT2D eigenvalue weighted by Gasteiger charge is 2.21. The second kappa shape index (κ2) is 5.69. The molecular formula is C21H18O. The molecule has 22 heavy (non-hydrogen) atoms. The monoisotopic (exact) mass is 286 g/mol. The molecule has 0 saturated heterocycles. The lowest BCUT2D eigenvalue weighted by Crippen LogP contribution is -2.15. The first-order valence-electron chi connectivity index (χ1n) is 7.80. The minimum atomic E-state index is 0.177. The van der Waals surface area contributed by atoms with Crippen molar-refractivity contribution in [2.24, 2.45) is 0 Å². The maximum atomic E-state index is 6.21. The van der Waals surface area contributed by atoms with Gasteiger partial charge in [-0.1, -0.05) is 66.7 Å². The minimum absolute atomic E-state index is 0.177. The van der Waals surface area contributed by atoms with E-state index in [1.54, 1.807) is 0 Å². The van der Waals surface area contributed by atoms with E-state index < -0.39 is 0 Å². The normalized spacial score (nSPS) is 16.6. The predicted octanol–water partition coefficient (Wildman–Crippen LogP) is 5.42. The Bertz CT molecular complexity index is 762. The van der Waals surface area contributed by atoms with E-state index in [4.69, 9.17) is 4.74 Å². The lowest BCUT2D eigenvalue weighted by Gasteiger charge is -2.27. The number of hydrogen-bond donors (Lipinski definition) is 0. The molecule has 0 spiro atoms. The third-order valence-electron chi connectivity index (χ3n) is 4.28. The van der Waals surface area contributed by atoms with Crippen molar-refractivity contribution < 1.29 is 4.74 Å². The number of fused-ring (bicyclic) bond motifs is 1. The van der Waals surface area contributed by atoms with Crippen molar-refractivity contribution in [2.75, 3.05) is 0 Å². The summed E-state index contributed by atoms with van der Waals surface area (Å²) in [7, 11) is 0. The van der Waals surface area contributed by atoms with Gasteiger partial charge in [-0.25, -0.2) is 0 Å². The van der Waals surface area contributed by atoms with E-state index in [-0.39, 0.29) is 6.10 Å². The molecule has 1 aliphatic heterocycles. The first-order valence-corrected chi connectivity index (χ1v) is 7.80. The summed E-state index contributed by atoms with van der Waals surface area (Å²) < 4.78 is 6.21. The average molecular weight is 286 g/mol. The molecule has 1 aliphatic rings. The van der Waals surface area contributed by atoms with E-state index in [1.807, 2.05) is 6.07 Å². The molecule has 1 heterocycles.